The van der Waals surface area contributed by atoms with Crippen LogP contribution in [0, 0.1) is 0 Å². The first-order chi connectivity index (χ1) is 13.2. The second-order valence-electron chi connectivity index (χ2n) is 5.63. The van der Waals surface area contributed by atoms with Crippen LogP contribution in [-0.2, 0) is 0 Å². The van der Waals surface area contributed by atoms with Gasteiger partial charge in [0.2, 0.25) is 5.88 Å². The molecule has 2 aromatic heterocycles. The quantitative estimate of drug-likeness (QED) is 0.182. The zero-order chi connectivity index (χ0) is 20.6. The molecule has 13 heteroatoms. The Bertz CT molecular complexity index is 1230. The Morgan fingerprint density at radius 3 is 1.93 bits per heavy atom. The van der Waals surface area contributed by atoms with Crippen molar-refractivity contribution in [1.82, 2.24) is 19.9 Å². The predicted molar refractivity (Wildman–Crippen MR) is 96.8 cm³/mol. The maximum Gasteiger partial charge on any atom is 1.00 e. The zero-order valence-electron chi connectivity index (χ0n) is 14.7. The molecular formula is C16H10BrKN4O7. The van der Waals surface area contributed by atoms with Crippen molar-refractivity contribution in [2.24, 2.45) is 0 Å². The second-order valence-corrected chi connectivity index (χ2v) is 6.54. The van der Waals surface area contributed by atoms with Gasteiger partial charge in [0, 0.05) is 15.6 Å². The normalized spacial score (nSPS) is 11.5. The molecule has 1 atom stereocenters. The van der Waals surface area contributed by atoms with Crippen LogP contribution in [0.5, 0.6) is 11.8 Å². The van der Waals surface area contributed by atoms with Crippen molar-refractivity contribution in [2.75, 3.05) is 0 Å². The fraction of sp³-hybridized carbons (Fsp3) is 0.0625. The van der Waals surface area contributed by atoms with E-state index >= 15 is 0 Å². The molecule has 3 rings (SSSR count). The van der Waals surface area contributed by atoms with Gasteiger partial charge in [-0.1, -0.05) is 28.1 Å². The van der Waals surface area contributed by atoms with Crippen molar-refractivity contribution in [3.8, 4) is 11.8 Å². The minimum Gasteiger partial charge on any atom is -0.860 e. The number of rotatable bonds is 4. The van der Waals surface area contributed by atoms with Gasteiger partial charge in [0.05, 0.1) is 11.5 Å². The van der Waals surface area contributed by atoms with Gasteiger partial charge in [-0.3, -0.25) is 29.3 Å². The number of ketones is 1. The molecule has 0 radical (unpaired) electrons. The zero-order valence-corrected chi connectivity index (χ0v) is 19.4. The van der Waals surface area contributed by atoms with Crippen molar-refractivity contribution in [3.05, 3.63) is 87.1 Å². The van der Waals surface area contributed by atoms with E-state index in [4.69, 9.17) is 0 Å². The Hall–Kier alpha value is -2.03. The number of Topliss-reactive ketones (excluding diaryl/α,β-unsaturated/α-hetero) is 1. The summed E-state index contributed by atoms with van der Waals surface area (Å²) < 4.78 is 0.636. The molecule has 29 heavy (non-hydrogen) atoms. The molecule has 0 aliphatic rings. The molecule has 0 fully saturated rings. The molecule has 0 aliphatic carbocycles. The van der Waals surface area contributed by atoms with Gasteiger partial charge in [-0.05, 0) is 18.0 Å². The monoisotopic (exact) mass is 488 g/mol. The second kappa shape index (κ2) is 9.19. The van der Waals surface area contributed by atoms with Crippen LogP contribution in [0.25, 0.3) is 0 Å². The summed E-state index contributed by atoms with van der Waals surface area (Å²) in [5.41, 5.74) is -6.06. The van der Waals surface area contributed by atoms with E-state index in [0.29, 0.717) is 4.47 Å². The van der Waals surface area contributed by atoms with Crippen molar-refractivity contribution in [2.45, 2.75) is 5.92 Å². The van der Waals surface area contributed by atoms with Crippen molar-refractivity contribution < 1.29 is 66.4 Å². The molecule has 1 aromatic carbocycles. The number of H-pyrrole nitrogens is 4. The fourth-order valence-electron chi connectivity index (χ4n) is 2.68. The Morgan fingerprint density at radius 2 is 1.41 bits per heavy atom. The summed E-state index contributed by atoms with van der Waals surface area (Å²) in [5.74, 6) is -4.99. The van der Waals surface area contributed by atoms with Crippen LogP contribution in [0.1, 0.15) is 27.4 Å². The molecule has 1 unspecified atom stereocenters. The van der Waals surface area contributed by atoms with E-state index in [2.05, 4.69) is 15.9 Å². The topological polar surface area (TPSA) is 192 Å². The van der Waals surface area contributed by atoms with E-state index < -0.39 is 57.1 Å². The van der Waals surface area contributed by atoms with Gasteiger partial charge in [0.1, 0.15) is 0 Å². The average Bonchev–Trinajstić information content (AvgIpc) is 2.58. The molecule has 0 amide bonds. The first-order valence-corrected chi connectivity index (χ1v) is 8.37. The molecule has 11 nitrogen and oxygen atoms in total. The molecule has 0 saturated carbocycles. The van der Waals surface area contributed by atoms with Gasteiger partial charge in [0.25, 0.3) is 11.1 Å². The van der Waals surface area contributed by atoms with Crippen LogP contribution in [0.15, 0.2) is 47.9 Å². The third kappa shape index (κ3) is 4.76. The molecule has 5 N–H and O–H groups in total. The van der Waals surface area contributed by atoms with Crippen LogP contribution in [0.2, 0.25) is 0 Å². The van der Waals surface area contributed by atoms with Gasteiger partial charge < -0.3 is 15.2 Å². The standard InChI is InChI=1S/C16H11BrN4O7.K/c17-6-3-1-5(2-4-6)10(22)7(8-11(23)18-15(27)19-12(8)24)9-13(25)20-16(28)21-14(9)26;/h1-4,7H,(H3,18,19,23,24,27)(H3,20,21,25,26,28);/q;+1/p-1. The van der Waals surface area contributed by atoms with Crippen molar-refractivity contribution in [1.29, 1.82) is 0 Å². The van der Waals surface area contributed by atoms with Gasteiger partial charge in [-0.15, -0.1) is 0 Å². The van der Waals surface area contributed by atoms with Crippen molar-refractivity contribution >= 4 is 21.7 Å². The third-order valence-electron chi connectivity index (χ3n) is 3.87. The number of aromatic amines is 4. The van der Waals surface area contributed by atoms with Crippen LogP contribution in [0.4, 0.5) is 0 Å². The molecule has 144 valence electrons. The number of halogens is 1. The molecule has 3 aromatic rings. The molecule has 2 heterocycles. The Labute approximate surface area is 210 Å². The van der Waals surface area contributed by atoms with E-state index in [-0.39, 0.29) is 56.9 Å². The third-order valence-corrected chi connectivity index (χ3v) is 4.40. The minimum atomic E-state index is -1.89. The first-order valence-electron chi connectivity index (χ1n) is 7.57. The Morgan fingerprint density at radius 1 is 0.897 bits per heavy atom. The van der Waals surface area contributed by atoms with E-state index in [1.807, 2.05) is 9.97 Å². The maximum absolute atomic E-state index is 13.1. The minimum absolute atomic E-state index is 0. The predicted octanol–water partition coefficient (Wildman–Crippen LogP) is -4.00. The van der Waals surface area contributed by atoms with Gasteiger partial charge in [-0.25, -0.2) is 9.59 Å². The molecule has 0 aliphatic heterocycles. The number of aromatic hydroxyl groups is 1. The number of benzene rings is 1. The Balaban J connectivity index is 0.00000300. The van der Waals surface area contributed by atoms with E-state index in [1.54, 1.807) is 9.97 Å². The van der Waals surface area contributed by atoms with E-state index in [9.17, 15) is 34.2 Å². The van der Waals surface area contributed by atoms with Gasteiger partial charge in [-0.2, -0.15) is 0 Å². The summed E-state index contributed by atoms with van der Waals surface area (Å²) in [5, 5.41) is 22.3. The molecule has 0 spiro atoms. The molecule has 0 bridgehead atoms. The number of nitrogens with one attached hydrogen (secondary N) is 4. The Kier molecular flexibility index (Phi) is 7.37. The summed E-state index contributed by atoms with van der Waals surface area (Å²) in [6.07, 6.45) is 0. The summed E-state index contributed by atoms with van der Waals surface area (Å²) >= 11 is 3.19. The van der Waals surface area contributed by atoms with Crippen LogP contribution < -0.4 is 79.0 Å². The summed E-state index contributed by atoms with van der Waals surface area (Å²) in [6, 6.07) is 5.74. The molecule has 0 saturated heterocycles. The smallest absolute Gasteiger partial charge is 0.860 e. The van der Waals surface area contributed by atoms with Crippen LogP contribution in [-0.4, -0.2) is 30.8 Å². The molecular weight excluding hydrogens is 479 g/mol. The summed E-state index contributed by atoms with van der Waals surface area (Å²) in [7, 11) is 0. The average molecular weight is 489 g/mol. The number of aromatic nitrogens is 4. The maximum atomic E-state index is 13.1. The number of hydrogen-bond acceptors (Lipinski definition) is 7. The first kappa shape index (κ1) is 23.2. The van der Waals surface area contributed by atoms with Crippen LogP contribution in [0.3, 0.4) is 0 Å². The van der Waals surface area contributed by atoms with Gasteiger partial charge in [0.15, 0.2) is 5.78 Å². The van der Waals surface area contributed by atoms with Crippen LogP contribution >= 0.6 is 15.9 Å². The fourth-order valence-corrected chi connectivity index (χ4v) is 2.94. The largest absolute Gasteiger partial charge is 1.00 e. The summed E-state index contributed by atoms with van der Waals surface area (Å²) in [4.78, 5) is 67.6. The number of carbonyl (C=O) groups excluding carboxylic acids is 1. The number of carbonyl (C=O) groups is 1. The van der Waals surface area contributed by atoms with Crippen molar-refractivity contribution in [3.63, 3.8) is 0 Å². The van der Waals surface area contributed by atoms with Gasteiger partial charge >= 0.3 is 62.8 Å². The van der Waals surface area contributed by atoms with E-state index in [1.165, 1.54) is 24.3 Å². The number of hydrogen-bond donors (Lipinski definition) is 5. The van der Waals surface area contributed by atoms with E-state index in [0.717, 1.165) is 0 Å². The summed E-state index contributed by atoms with van der Waals surface area (Å²) in [6.45, 7) is 0. The SMILES string of the molecule is O=C(c1ccc(Br)cc1)C(c1c([O-])[nH]c(=O)[nH]c1=O)c1c(O)[nH]c(=O)[nH]c1=O.[K+].